The number of carbonyl (C=O) groups excluding carboxylic acids is 1. The molecule has 0 unspecified atom stereocenters. The van der Waals surface area contributed by atoms with Crippen molar-refractivity contribution in [3.8, 4) is 0 Å². The lowest BCUT2D eigenvalue weighted by Gasteiger charge is -2.00. The van der Waals surface area contributed by atoms with E-state index in [1.165, 1.54) is 6.92 Å². The molecule has 1 heterocycles. The highest BCUT2D eigenvalue weighted by molar-refractivity contribution is 6.35. The molecule has 0 aliphatic rings. The highest BCUT2D eigenvalue weighted by Gasteiger charge is 2.03. The fourth-order valence-corrected chi connectivity index (χ4v) is 1.56. The average Bonchev–Trinajstić information content (AvgIpc) is 2.17. The van der Waals surface area contributed by atoms with Crippen LogP contribution in [-0.4, -0.2) is 10.8 Å². The molecule has 0 fully saturated rings. The summed E-state index contributed by atoms with van der Waals surface area (Å²) in [6.45, 7) is 1.50. The first-order chi connectivity index (χ1) is 6.68. The molecule has 14 heavy (non-hydrogen) atoms. The van der Waals surface area contributed by atoms with Gasteiger partial charge in [-0.1, -0.05) is 23.7 Å². The Morgan fingerprint density at radius 1 is 1.43 bits per heavy atom. The van der Waals surface area contributed by atoms with E-state index in [0.717, 1.165) is 10.8 Å². The largest absolute Gasteiger partial charge is 0.293 e. The van der Waals surface area contributed by atoms with Gasteiger partial charge >= 0.3 is 0 Å². The van der Waals surface area contributed by atoms with Gasteiger partial charge in [0.05, 0.1) is 0 Å². The molecule has 2 rings (SSSR count). The number of Topliss-reactive ketones (excluding diaryl/α,β-unsaturated/α-hetero) is 1. The minimum Gasteiger partial charge on any atom is -0.293 e. The molecule has 0 aliphatic heterocycles. The fourth-order valence-electron chi connectivity index (χ4n) is 1.33. The van der Waals surface area contributed by atoms with Crippen molar-refractivity contribution in [2.45, 2.75) is 6.92 Å². The number of pyridine rings is 1. The van der Waals surface area contributed by atoms with Gasteiger partial charge in [0, 0.05) is 23.5 Å². The van der Waals surface area contributed by atoms with E-state index in [1.807, 2.05) is 12.1 Å². The molecule has 2 nitrogen and oxygen atoms in total. The predicted octanol–water partition coefficient (Wildman–Crippen LogP) is 3.09. The predicted molar refractivity (Wildman–Crippen MR) is 56.8 cm³/mol. The van der Waals surface area contributed by atoms with E-state index >= 15 is 0 Å². The van der Waals surface area contributed by atoms with Crippen LogP contribution in [-0.2, 0) is 0 Å². The summed E-state index contributed by atoms with van der Waals surface area (Å²) in [6, 6.07) is 7.33. The van der Waals surface area contributed by atoms with Crippen LogP contribution in [0.15, 0.2) is 30.5 Å². The normalized spacial score (nSPS) is 10.4. The van der Waals surface area contributed by atoms with Crippen LogP contribution in [0.5, 0.6) is 0 Å². The summed E-state index contributed by atoms with van der Waals surface area (Å²) in [5, 5.41) is 2.47. The number of nitrogens with zero attached hydrogens (tertiary/aromatic N) is 1. The van der Waals surface area contributed by atoms with E-state index in [2.05, 4.69) is 4.98 Å². The summed E-state index contributed by atoms with van der Waals surface area (Å²) in [5.74, 6) is -0.0353. The zero-order chi connectivity index (χ0) is 10.1. The Hall–Kier alpha value is -1.41. The number of halogens is 1. The van der Waals surface area contributed by atoms with E-state index in [1.54, 1.807) is 18.3 Å². The molecule has 0 aliphatic carbocycles. The van der Waals surface area contributed by atoms with Crippen molar-refractivity contribution < 1.29 is 4.79 Å². The lowest BCUT2D eigenvalue weighted by Crippen LogP contribution is -1.95. The van der Waals surface area contributed by atoms with Gasteiger partial charge in [-0.25, -0.2) is 0 Å². The van der Waals surface area contributed by atoms with Crippen molar-refractivity contribution in [1.29, 1.82) is 0 Å². The topological polar surface area (TPSA) is 30.0 Å². The standard InChI is InChI=1S/C11H8ClNO/c1-7(14)11-5-8-3-2-4-10(12)9(8)6-13-11/h2-6H,1H3. The Bertz CT molecular complexity index is 508. The Kier molecular flexibility index (Phi) is 2.22. The van der Waals surface area contributed by atoms with Crippen LogP contribution in [0.25, 0.3) is 10.8 Å². The van der Waals surface area contributed by atoms with Crippen LogP contribution in [0.1, 0.15) is 17.4 Å². The van der Waals surface area contributed by atoms with Gasteiger partial charge in [-0.05, 0) is 17.5 Å². The highest BCUT2D eigenvalue weighted by Crippen LogP contribution is 2.22. The molecule has 2 aromatic rings. The van der Waals surface area contributed by atoms with Crippen LogP contribution >= 0.6 is 11.6 Å². The number of carbonyl (C=O) groups is 1. The average molecular weight is 206 g/mol. The Morgan fingerprint density at radius 3 is 2.93 bits per heavy atom. The molecule has 0 atom stereocenters. The van der Waals surface area contributed by atoms with Gasteiger partial charge < -0.3 is 0 Å². The molecular weight excluding hydrogens is 198 g/mol. The highest BCUT2D eigenvalue weighted by atomic mass is 35.5. The minimum atomic E-state index is -0.0353. The van der Waals surface area contributed by atoms with Gasteiger partial charge in [0.2, 0.25) is 0 Å². The van der Waals surface area contributed by atoms with Crippen molar-refractivity contribution in [1.82, 2.24) is 4.98 Å². The van der Waals surface area contributed by atoms with Crippen molar-refractivity contribution in [2.24, 2.45) is 0 Å². The van der Waals surface area contributed by atoms with Crippen molar-refractivity contribution in [3.05, 3.63) is 41.2 Å². The molecule has 0 amide bonds. The van der Waals surface area contributed by atoms with Gasteiger partial charge in [0.25, 0.3) is 0 Å². The third-order valence-electron chi connectivity index (χ3n) is 2.07. The number of hydrogen-bond acceptors (Lipinski definition) is 2. The maximum Gasteiger partial charge on any atom is 0.178 e. The van der Waals surface area contributed by atoms with Crippen molar-refractivity contribution in [3.63, 3.8) is 0 Å². The Morgan fingerprint density at radius 2 is 2.21 bits per heavy atom. The van der Waals surface area contributed by atoms with Gasteiger partial charge in [-0.2, -0.15) is 0 Å². The smallest absolute Gasteiger partial charge is 0.178 e. The summed E-state index contributed by atoms with van der Waals surface area (Å²) in [7, 11) is 0. The molecule has 1 aromatic carbocycles. The lowest BCUT2D eigenvalue weighted by atomic mass is 10.1. The number of aromatic nitrogens is 1. The first-order valence-corrected chi connectivity index (χ1v) is 4.61. The van der Waals surface area contributed by atoms with Gasteiger partial charge in [-0.15, -0.1) is 0 Å². The zero-order valence-electron chi connectivity index (χ0n) is 7.62. The second-order valence-electron chi connectivity index (χ2n) is 3.09. The van der Waals surface area contributed by atoms with Crippen LogP contribution in [0.4, 0.5) is 0 Å². The quantitative estimate of drug-likeness (QED) is 0.670. The summed E-state index contributed by atoms with van der Waals surface area (Å²) in [6.07, 6.45) is 1.63. The number of fused-ring (bicyclic) bond motifs is 1. The molecule has 0 N–H and O–H groups in total. The SMILES string of the molecule is CC(=O)c1cc2cccc(Cl)c2cn1. The monoisotopic (exact) mass is 205 g/mol. The first kappa shape index (κ1) is 9.16. The number of ketones is 1. The van der Waals surface area contributed by atoms with Gasteiger partial charge in [0.1, 0.15) is 5.69 Å². The molecule has 70 valence electrons. The van der Waals surface area contributed by atoms with Gasteiger partial charge in [-0.3, -0.25) is 9.78 Å². The molecule has 1 aromatic heterocycles. The maximum atomic E-state index is 11.1. The molecule has 0 saturated heterocycles. The van der Waals surface area contributed by atoms with E-state index in [-0.39, 0.29) is 5.78 Å². The zero-order valence-corrected chi connectivity index (χ0v) is 8.38. The third-order valence-corrected chi connectivity index (χ3v) is 2.40. The summed E-state index contributed by atoms with van der Waals surface area (Å²) in [4.78, 5) is 15.1. The molecule has 0 radical (unpaired) electrons. The lowest BCUT2D eigenvalue weighted by molar-refractivity contribution is 0.101. The van der Waals surface area contributed by atoms with E-state index in [9.17, 15) is 4.79 Å². The van der Waals surface area contributed by atoms with E-state index in [0.29, 0.717) is 10.7 Å². The molecule has 0 saturated carbocycles. The molecular formula is C11H8ClNO. The fraction of sp³-hybridized carbons (Fsp3) is 0.0909. The Labute approximate surface area is 86.5 Å². The van der Waals surface area contributed by atoms with Crippen LogP contribution in [0, 0.1) is 0 Å². The Balaban J connectivity index is 2.73. The van der Waals surface area contributed by atoms with Crippen LogP contribution in [0.3, 0.4) is 0 Å². The minimum absolute atomic E-state index is 0.0353. The molecule has 0 spiro atoms. The first-order valence-electron chi connectivity index (χ1n) is 4.23. The number of rotatable bonds is 1. The molecule has 3 heteroatoms. The summed E-state index contributed by atoms with van der Waals surface area (Å²) < 4.78 is 0. The van der Waals surface area contributed by atoms with Crippen molar-refractivity contribution in [2.75, 3.05) is 0 Å². The second kappa shape index (κ2) is 3.39. The summed E-state index contributed by atoms with van der Waals surface area (Å²) in [5.41, 5.74) is 0.472. The van der Waals surface area contributed by atoms with E-state index < -0.39 is 0 Å². The van der Waals surface area contributed by atoms with E-state index in [4.69, 9.17) is 11.6 Å². The maximum absolute atomic E-state index is 11.1. The number of benzene rings is 1. The molecule has 0 bridgehead atoms. The van der Waals surface area contributed by atoms with Gasteiger partial charge in [0.15, 0.2) is 5.78 Å². The third kappa shape index (κ3) is 1.49. The van der Waals surface area contributed by atoms with Crippen LogP contribution in [0.2, 0.25) is 5.02 Å². The second-order valence-corrected chi connectivity index (χ2v) is 3.49. The number of hydrogen-bond donors (Lipinski definition) is 0. The summed E-state index contributed by atoms with van der Waals surface area (Å²) >= 11 is 5.96. The van der Waals surface area contributed by atoms with Crippen molar-refractivity contribution >= 4 is 28.2 Å². The van der Waals surface area contributed by atoms with Crippen LogP contribution < -0.4 is 0 Å².